The average molecular weight is 304 g/mol. The van der Waals surface area contributed by atoms with Gasteiger partial charge in [-0.05, 0) is 44.0 Å². The third-order valence-electron chi connectivity index (χ3n) is 3.49. The van der Waals surface area contributed by atoms with Crippen molar-refractivity contribution in [2.24, 2.45) is 0 Å². The number of hydrogen-bond donors (Lipinski definition) is 0. The number of pyridine rings is 1. The van der Waals surface area contributed by atoms with E-state index < -0.39 is 0 Å². The number of methoxy groups -OCH3 is 1. The van der Waals surface area contributed by atoms with Crippen LogP contribution in [0.1, 0.15) is 27.9 Å². The van der Waals surface area contributed by atoms with Crippen molar-refractivity contribution in [2.45, 2.75) is 25.9 Å². The molecule has 2 heterocycles. The van der Waals surface area contributed by atoms with Crippen LogP contribution >= 0.6 is 11.3 Å². The van der Waals surface area contributed by atoms with Crippen molar-refractivity contribution in [3.05, 3.63) is 52.0 Å². The first-order valence-electron chi connectivity index (χ1n) is 6.86. The molecule has 0 spiro atoms. The highest BCUT2D eigenvalue weighted by Crippen LogP contribution is 2.15. The summed E-state index contributed by atoms with van der Waals surface area (Å²) in [6.45, 7) is 2.97. The lowest BCUT2D eigenvalue weighted by molar-refractivity contribution is 0.0600. The van der Waals surface area contributed by atoms with Crippen LogP contribution in [0.2, 0.25) is 0 Å². The maximum Gasteiger partial charge on any atom is 0.339 e. The van der Waals surface area contributed by atoms with Crippen LogP contribution in [-0.2, 0) is 17.7 Å². The molecule has 5 heteroatoms. The van der Waals surface area contributed by atoms with Crippen LogP contribution in [0, 0.1) is 0 Å². The molecule has 112 valence electrons. The summed E-state index contributed by atoms with van der Waals surface area (Å²) in [6, 6.07) is 8.32. The second-order valence-corrected chi connectivity index (χ2v) is 6.11. The van der Waals surface area contributed by atoms with E-state index in [0.717, 1.165) is 18.7 Å². The third kappa shape index (κ3) is 4.37. The number of hydrogen-bond acceptors (Lipinski definition) is 5. The molecule has 1 unspecified atom stereocenters. The lowest BCUT2D eigenvalue weighted by atomic mass is 10.1. The van der Waals surface area contributed by atoms with Crippen LogP contribution in [0.15, 0.2) is 35.8 Å². The van der Waals surface area contributed by atoms with Crippen molar-refractivity contribution in [1.82, 2.24) is 9.88 Å². The normalized spacial score (nSPS) is 12.4. The molecule has 0 fully saturated rings. The Morgan fingerprint density at radius 2 is 2.24 bits per heavy atom. The number of carbonyl (C=O) groups is 1. The topological polar surface area (TPSA) is 42.4 Å². The van der Waals surface area contributed by atoms with Gasteiger partial charge in [-0.25, -0.2) is 4.79 Å². The van der Waals surface area contributed by atoms with Gasteiger partial charge in [0.1, 0.15) is 0 Å². The second-order valence-electron chi connectivity index (χ2n) is 5.08. The predicted octanol–water partition coefficient (Wildman–Crippen LogP) is 2.99. The van der Waals surface area contributed by atoms with E-state index in [9.17, 15) is 4.79 Å². The molecule has 2 rings (SSSR count). The molecule has 2 aromatic rings. The van der Waals surface area contributed by atoms with Gasteiger partial charge < -0.3 is 4.74 Å². The molecule has 0 amide bonds. The number of esters is 1. The summed E-state index contributed by atoms with van der Waals surface area (Å²) in [6.07, 6.45) is 2.60. The summed E-state index contributed by atoms with van der Waals surface area (Å²) in [5, 5.41) is 2.11. The number of nitrogens with zero attached hydrogens (tertiary/aromatic N) is 2. The van der Waals surface area contributed by atoms with Gasteiger partial charge in [-0.3, -0.25) is 9.88 Å². The molecule has 2 aromatic heterocycles. The molecule has 4 nitrogen and oxygen atoms in total. The van der Waals surface area contributed by atoms with Crippen LogP contribution in [0.25, 0.3) is 0 Å². The van der Waals surface area contributed by atoms with E-state index >= 15 is 0 Å². The first-order valence-corrected chi connectivity index (χ1v) is 7.74. The first kappa shape index (κ1) is 15.7. The van der Waals surface area contributed by atoms with Gasteiger partial charge in [0, 0.05) is 23.7 Å². The summed E-state index contributed by atoms with van der Waals surface area (Å²) < 4.78 is 4.67. The Hall–Kier alpha value is -1.72. The highest BCUT2D eigenvalue weighted by Gasteiger charge is 2.12. The molecule has 0 aliphatic heterocycles. The molecule has 0 bridgehead atoms. The molecule has 0 N–H and O–H groups in total. The van der Waals surface area contributed by atoms with Crippen LogP contribution in [-0.4, -0.2) is 36.1 Å². The molecule has 0 saturated heterocycles. The van der Waals surface area contributed by atoms with Gasteiger partial charge in [-0.1, -0.05) is 6.07 Å². The van der Waals surface area contributed by atoms with E-state index in [-0.39, 0.29) is 5.97 Å². The molecule has 0 aromatic carbocycles. The standard InChI is InChI=1S/C16H20N2O2S/c1-12(9-15-5-4-8-21-15)18(2)11-14-7-6-13(10-17-14)16(19)20-3/h4-8,10,12H,9,11H2,1-3H3. The Labute approximate surface area is 129 Å². The molecular formula is C16H20N2O2S. The second kappa shape index (κ2) is 7.33. The molecule has 0 radical (unpaired) electrons. The van der Waals surface area contributed by atoms with Gasteiger partial charge in [0.25, 0.3) is 0 Å². The van der Waals surface area contributed by atoms with E-state index in [2.05, 4.69) is 46.1 Å². The largest absolute Gasteiger partial charge is 0.465 e. The third-order valence-corrected chi connectivity index (χ3v) is 4.39. The van der Waals surface area contributed by atoms with Crippen molar-refractivity contribution >= 4 is 17.3 Å². The fourth-order valence-corrected chi connectivity index (χ4v) is 2.87. The minimum atomic E-state index is -0.353. The van der Waals surface area contributed by atoms with E-state index in [1.807, 2.05) is 6.07 Å². The van der Waals surface area contributed by atoms with Crippen LogP contribution in [0.5, 0.6) is 0 Å². The SMILES string of the molecule is COC(=O)c1ccc(CN(C)C(C)Cc2cccs2)nc1. The molecular weight excluding hydrogens is 284 g/mol. The number of aromatic nitrogens is 1. The van der Waals surface area contributed by atoms with Crippen LogP contribution in [0.4, 0.5) is 0 Å². The summed E-state index contributed by atoms with van der Waals surface area (Å²) >= 11 is 1.79. The lowest BCUT2D eigenvalue weighted by Crippen LogP contribution is -2.30. The fraction of sp³-hybridized carbons (Fsp3) is 0.375. The average Bonchev–Trinajstić information content (AvgIpc) is 3.00. The lowest BCUT2D eigenvalue weighted by Gasteiger charge is -2.23. The zero-order valence-corrected chi connectivity index (χ0v) is 13.4. The van der Waals surface area contributed by atoms with Gasteiger partial charge in [0.05, 0.1) is 18.4 Å². The quantitative estimate of drug-likeness (QED) is 0.769. The molecule has 1 atom stereocenters. The van der Waals surface area contributed by atoms with Gasteiger partial charge in [-0.2, -0.15) is 0 Å². The Balaban J connectivity index is 1.92. The molecule has 0 aliphatic rings. The van der Waals surface area contributed by atoms with E-state index in [1.54, 1.807) is 23.6 Å². The van der Waals surface area contributed by atoms with Crippen LogP contribution in [0.3, 0.4) is 0 Å². The highest BCUT2D eigenvalue weighted by molar-refractivity contribution is 7.09. The number of ether oxygens (including phenoxy) is 1. The minimum absolute atomic E-state index is 0.353. The molecule has 0 aliphatic carbocycles. The summed E-state index contributed by atoms with van der Waals surface area (Å²) in [4.78, 5) is 19.3. The Morgan fingerprint density at radius 1 is 1.43 bits per heavy atom. The maximum absolute atomic E-state index is 11.4. The van der Waals surface area contributed by atoms with Gasteiger partial charge in [0.15, 0.2) is 0 Å². The van der Waals surface area contributed by atoms with E-state index in [1.165, 1.54) is 12.0 Å². The van der Waals surface area contributed by atoms with Gasteiger partial charge in [0.2, 0.25) is 0 Å². The fourth-order valence-electron chi connectivity index (χ4n) is 2.04. The predicted molar refractivity (Wildman–Crippen MR) is 84.5 cm³/mol. The summed E-state index contributed by atoms with van der Waals surface area (Å²) in [7, 11) is 3.46. The van der Waals surface area contributed by atoms with Crippen molar-refractivity contribution in [1.29, 1.82) is 0 Å². The van der Waals surface area contributed by atoms with E-state index in [0.29, 0.717) is 11.6 Å². The number of carbonyl (C=O) groups excluding carboxylic acids is 1. The minimum Gasteiger partial charge on any atom is -0.465 e. The highest BCUT2D eigenvalue weighted by atomic mass is 32.1. The number of likely N-dealkylation sites (N-methyl/N-ethyl adjacent to an activating group) is 1. The maximum atomic E-state index is 11.4. The summed E-state index contributed by atoms with van der Waals surface area (Å²) in [5.41, 5.74) is 1.43. The van der Waals surface area contributed by atoms with Gasteiger partial charge in [-0.15, -0.1) is 11.3 Å². The van der Waals surface area contributed by atoms with Crippen molar-refractivity contribution in [3.8, 4) is 0 Å². The zero-order chi connectivity index (χ0) is 15.2. The Bertz CT molecular complexity index is 566. The molecule has 21 heavy (non-hydrogen) atoms. The van der Waals surface area contributed by atoms with Gasteiger partial charge >= 0.3 is 5.97 Å². The van der Waals surface area contributed by atoms with Crippen molar-refractivity contribution in [3.63, 3.8) is 0 Å². The van der Waals surface area contributed by atoms with Crippen molar-refractivity contribution in [2.75, 3.05) is 14.2 Å². The Kier molecular flexibility index (Phi) is 5.47. The zero-order valence-electron chi connectivity index (χ0n) is 12.6. The van der Waals surface area contributed by atoms with E-state index in [4.69, 9.17) is 0 Å². The monoisotopic (exact) mass is 304 g/mol. The number of thiophene rings is 1. The number of rotatable bonds is 6. The van der Waals surface area contributed by atoms with Crippen LogP contribution < -0.4 is 0 Å². The van der Waals surface area contributed by atoms with Crippen molar-refractivity contribution < 1.29 is 9.53 Å². The molecule has 0 saturated carbocycles. The Morgan fingerprint density at radius 3 is 2.81 bits per heavy atom. The summed E-state index contributed by atoms with van der Waals surface area (Å²) in [5.74, 6) is -0.353. The first-order chi connectivity index (χ1) is 10.1. The smallest absolute Gasteiger partial charge is 0.339 e.